The van der Waals surface area contributed by atoms with Gasteiger partial charge in [-0.25, -0.2) is 8.42 Å². The fourth-order valence-corrected chi connectivity index (χ4v) is 4.65. The maximum atomic E-state index is 13.0. The molecule has 0 aromatic heterocycles. The van der Waals surface area contributed by atoms with Crippen LogP contribution >= 0.6 is 11.6 Å². The van der Waals surface area contributed by atoms with Crippen molar-refractivity contribution in [1.29, 1.82) is 0 Å². The number of hydrogen-bond donors (Lipinski definition) is 2. The summed E-state index contributed by atoms with van der Waals surface area (Å²) in [4.78, 5) is 12.6. The van der Waals surface area contributed by atoms with Gasteiger partial charge < -0.3 is 10.1 Å². The molecule has 0 bridgehead atoms. The van der Waals surface area contributed by atoms with Crippen LogP contribution in [0.2, 0.25) is 5.02 Å². The zero-order chi connectivity index (χ0) is 23.5. The van der Waals surface area contributed by atoms with Crippen LogP contribution in [0.15, 0.2) is 65.6 Å². The van der Waals surface area contributed by atoms with Gasteiger partial charge in [0.05, 0.1) is 16.8 Å². The van der Waals surface area contributed by atoms with Crippen LogP contribution in [0.1, 0.15) is 35.3 Å². The summed E-state index contributed by atoms with van der Waals surface area (Å²) in [5.41, 5.74) is 2.94. The van der Waals surface area contributed by atoms with Crippen molar-refractivity contribution in [2.45, 2.75) is 38.7 Å². The second-order valence-electron chi connectivity index (χ2n) is 7.64. The van der Waals surface area contributed by atoms with Crippen molar-refractivity contribution >= 4 is 38.9 Å². The van der Waals surface area contributed by atoms with Gasteiger partial charge in [0.2, 0.25) is 0 Å². The minimum absolute atomic E-state index is 0.0227. The van der Waals surface area contributed by atoms with E-state index in [4.69, 9.17) is 16.3 Å². The number of rotatable bonds is 7. The Kier molecular flexibility index (Phi) is 7.11. The molecule has 8 heteroatoms. The highest BCUT2D eigenvalue weighted by molar-refractivity contribution is 7.92. The summed E-state index contributed by atoms with van der Waals surface area (Å²) in [5, 5.41) is 2.77. The normalized spacial score (nSPS) is 11.3. The van der Waals surface area contributed by atoms with Crippen LogP contribution in [0.5, 0.6) is 5.75 Å². The van der Waals surface area contributed by atoms with E-state index in [-0.39, 0.29) is 21.6 Å². The van der Waals surface area contributed by atoms with Crippen molar-refractivity contribution in [3.05, 3.63) is 82.4 Å². The molecular weight excluding hydrogens is 448 g/mol. The third-order valence-electron chi connectivity index (χ3n) is 4.82. The quantitative estimate of drug-likeness (QED) is 0.455. The Balaban J connectivity index is 1.83. The first-order chi connectivity index (χ1) is 15.1. The minimum atomic E-state index is -4.01. The lowest BCUT2D eigenvalue weighted by Gasteiger charge is -2.14. The molecular formula is C24H25ClN2O4S. The molecule has 0 spiro atoms. The van der Waals surface area contributed by atoms with Crippen molar-refractivity contribution in [2.24, 2.45) is 0 Å². The standard InChI is InChI=1S/C24H25ClN2O4S/c1-15(2)31-20-11-9-19(10-12-20)26-24(28)18-8-13-21(25)23(14-18)32(29,30)27-22-7-5-6-16(3)17(22)4/h5-15,27H,1-4H3,(H,26,28). The fraction of sp³-hybridized carbons (Fsp3) is 0.208. The number of amides is 1. The molecule has 3 aromatic rings. The lowest BCUT2D eigenvalue weighted by Crippen LogP contribution is -2.17. The van der Waals surface area contributed by atoms with Crippen LogP contribution in [0.4, 0.5) is 11.4 Å². The van der Waals surface area contributed by atoms with Crippen LogP contribution in [0.25, 0.3) is 0 Å². The van der Waals surface area contributed by atoms with Crippen LogP contribution in [-0.4, -0.2) is 20.4 Å². The molecule has 0 saturated heterocycles. The van der Waals surface area contributed by atoms with E-state index in [2.05, 4.69) is 10.0 Å². The first kappa shape index (κ1) is 23.6. The lowest BCUT2D eigenvalue weighted by molar-refractivity contribution is 0.102. The monoisotopic (exact) mass is 472 g/mol. The van der Waals surface area contributed by atoms with E-state index in [0.717, 1.165) is 11.1 Å². The molecule has 1 amide bonds. The van der Waals surface area contributed by atoms with Gasteiger partial charge in [0.25, 0.3) is 15.9 Å². The summed E-state index contributed by atoms with van der Waals surface area (Å²) in [6.45, 7) is 7.58. The van der Waals surface area contributed by atoms with Crippen LogP contribution in [0, 0.1) is 13.8 Å². The number of nitrogens with one attached hydrogen (secondary N) is 2. The van der Waals surface area contributed by atoms with Gasteiger partial charge in [-0.3, -0.25) is 9.52 Å². The summed E-state index contributed by atoms with van der Waals surface area (Å²) >= 11 is 6.18. The average Bonchev–Trinajstić information content (AvgIpc) is 2.72. The van der Waals surface area contributed by atoms with E-state index in [1.807, 2.05) is 33.8 Å². The molecule has 0 aliphatic heterocycles. The second kappa shape index (κ2) is 9.63. The Morgan fingerprint density at radius 1 is 1.00 bits per heavy atom. The van der Waals surface area contributed by atoms with Gasteiger partial charge in [0.15, 0.2) is 0 Å². The topological polar surface area (TPSA) is 84.5 Å². The highest BCUT2D eigenvalue weighted by atomic mass is 35.5. The fourth-order valence-electron chi connectivity index (χ4n) is 3.00. The Hall–Kier alpha value is -3.03. The van der Waals surface area contributed by atoms with Gasteiger partial charge in [-0.2, -0.15) is 0 Å². The molecule has 2 N–H and O–H groups in total. The molecule has 3 rings (SSSR count). The zero-order valence-corrected chi connectivity index (χ0v) is 19.8. The molecule has 0 saturated carbocycles. The van der Waals surface area contributed by atoms with Crippen LogP contribution < -0.4 is 14.8 Å². The Bertz CT molecular complexity index is 1240. The van der Waals surface area contributed by atoms with E-state index in [9.17, 15) is 13.2 Å². The molecule has 0 aliphatic carbocycles. The van der Waals surface area contributed by atoms with E-state index >= 15 is 0 Å². The predicted octanol–water partition coefficient (Wildman–Crippen LogP) is 5.80. The molecule has 0 heterocycles. The lowest BCUT2D eigenvalue weighted by atomic mass is 10.1. The van der Waals surface area contributed by atoms with E-state index in [1.54, 1.807) is 36.4 Å². The van der Waals surface area contributed by atoms with E-state index in [1.165, 1.54) is 18.2 Å². The molecule has 0 fully saturated rings. The van der Waals surface area contributed by atoms with Gasteiger partial charge in [-0.1, -0.05) is 23.7 Å². The van der Waals surface area contributed by atoms with Crippen LogP contribution in [-0.2, 0) is 10.0 Å². The molecule has 0 atom stereocenters. The number of benzene rings is 3. The van der Waals surface area contributed by atoms with Gasteiger partial charge in [0.1, 0.15) is 10.6 Å². The molecule has 168 valence electrons. The number of hydrogen-bond acceptors (Lipinski definition) is 4. The van der Waals surface area contributed by atoms with E-state index < -0.39 is 15.9 Å². The first-order valence-corrected chi connectivity index (χ1v) is 11.9. The predicted molar refractivity (Wildman–Crippen MR) is 128 cm³/mol. The minimum Gasteiger partial charge on any atom is -0.491 e. The maximum Gasteiger partial charge on any atom is 0.263 e. The Morgan fingerprint density at radius 3 is 2.34 bits per heavy atom. The molecule has 0 radical (unpaired) electrons. The summed E-state index contributed by atoms with van der Waals surface area (Å²) in [5.74, 6) is 0.234. The Morgan fingerprint density at radius 2 is 1.69 bits per heavy atom. The molecule has 6 nitrogen and oxygen atoms in total. The third-order valence-corrected chi connectivity index (χ3v) is 6.66. The summed E-state index contributed by atoms with van der Waals surface area (Å²) < 4.78 is 34.2. The molecule has 32 heavy (non-hydrogen) atoms. The van der Waals surface area contributed by atoms with Crippen molar-refractivity contribution in [2.75, 3.05) is 10.0 Å². The van der Waals surface area contributed by atoms with Crippen molar-refractivity contribution in [3.63, 3.8) is 0 Å². The zero-order valence-electron chi connectivity index (χ0n) is 18.3. The van der Waals surface area contributed by atoms with Crippen molar-refractivity contribution < 1.29 is 17.9 Å². The number of anilines is 2. The molecule has 0 unspecified atom stereocenters. The van der Waals surface area contributed by atoms with Crippen LogP contribution in [0.3, 0.4) is 0 Å². The number of carbonyl (C=O) groups excluding carboxylic acids is 1. The van der Waals surface area contributed by atoms with Crippen molar-refractivity contribution in [1.82, 2.24) is 0 Å². The van der Waals surface area contributed by atoms with Gasteiger partial charge in [-0.15, -0.1) is 0 Å². The number of halogens is 1. The third kappa shape index (κ3) is 5.60. The smallest absolute Gasteiger partial charge is 0.263 e. The average molecular weight is 473 g/mol. The number of ether oxygens (including phenoxy) is 1. The molecule has 3 aromatic carbocycles. The highest BCUT2D eigenvalue weighted by Crippen LogP contribution is 2.27. The second-order valence-corrected chi connectivity index (χ2v) is 9.70. The summed E-state index contributed by atoms with van der Waals surface area (Å²) in [6, 6.07) is 16.4. The van der Waals surface area contributed by atoms with E-state index in [0.29, 0.717) is 17.1 Å². The van der Waals surface area contributed by atoms with Gasteiger partial charge in [-0.05, 0) is 87.4 Å². The Labute approximate surface area is 193 Å². The summed E-state index contributed by atoms with van der Waals surface area (Å²) in [6.07, 6.45) is 0.0436. The SMILES string of the molecule is Cc1cccc(NS(=O)(=O)c2cc(C(=O)Nc3ccc(OC(C)C)cc3)ccc2Cl)c1C. The largest absolute Gasteiger partial charge is 0.491 e. The number of carbonyl (C=O) groups is 1. The number of aryl methyl sites for hydroxylation is 1. The van der Waals surface area contributed by atoms with Gasteiger partial charge in [0, 0.05) is 11.3 Å². The number of sulfonamides is 1. The van der Waals surface area contributed by atoms with Crippen molar-refractivity contribution in [3.8, 4) is 5.75 Å². The summed E-state index contributed by atoms with van der Waals surface area (Å²) in [7, 11) is -4.01. The highest BCUT2D eigenvalue weighted by Gasteiger charge is 2.21. The maximum absolute atomic E-state index is 13.0. The van der Waals surface area contributed by atoms with Gasteiger partial charge >= 0.3 is 0 Å². The molecule has 0 aliphatic rings. The first-order valence-electron chi connectivity index (χ1n) is 10.0.